The molecule has 0 atom stereocenters. The summed E-state index contributed by atoms with van der Waals surface area (Å²) in [6, 6.07) is 7.10. The summed E-state index contributed by atoms with van der Waals surface area (Å²) in [6.45, 7) is 1.81. The van der Waals surface area contributed by atoms with Gasteiger partial charge in [0.2, 0.25) is 10.0 Å². The Bertz CT molecular complexity index is 589. The maximum Gasteiger partial charge on any atom is 0.233 e. The number of aromatic nitrogens is 1. The predicted molar refractivity (Wildman–Crippen MR) is 61.7 cm³/mol. The number of hydrogen-bond acceptors (Lipinski definition) is 4. The van der Waals surface area contributed by atoms with Gasteiger partial charge in [-0.2, -0.15) is 0 Å². The Hall–Kier alpha value is -1.56. The third-order valence-corrected chi connectivity index (χ3v) is 3.55. The Morgan fingerprint density at radius 3 is 2.88 bits per heavy atom. The summed E-state index contributed by atoms with van der Waals surface area (Å²) in [5, 5.41) is 4.37. The first-order chi connectivity index (χ1) is 7.62. The average molecular weight is 240 g/mol. The SMILES string of the molecule is CCCS(=O)(=O)Nc1noc2ccccc12. The van der Waals surface area contributed by atoms with Crippen LogP contribution in [-0.2, 0) is 10.0 Å². The smallest absolute Gasteiger partial charge is 0.233 e. The lowest BCUT2D eigenvalue weighted by molar-refractivity contribution is 0.460. The standard InChI is InChI=1S/C10H12N2O3S/c1-2-7-16(13,14)12-10-8-5-3-4-6-9(8)15-11-10/h3-6H,2,7H2,1H3,(H,11,12). The minimum absolute atomic E-state index is 0.0776. The average Bonchev–Trinajstić information content (AvgIpc) is 2.61. The van der Waals surface area contributed by atoms with Crippen LogP contribution in [0, 0.1) is 0 Å². The van der Waals surface area contributed by atoms with E-state index in [4.69, 9.17) is 4.52 Å². The van der Waals surface area contributed by atoms with Crippen molar-refractivity contribution < 1.29 is 12.9 Å². The highest BCUT2D eigenvalue weighted by Gasteiger charge is 2.14. The van der Waals surface area contributed by atoms with E-state index in [9.17, 15) is 8.42 Å². The number of fused-ring (bicyclic) bond motifs is 1. The molecule has 0 aliphatic carbocycles. The van der Waals surface area contributed by atoms with Crippen LogP contribution in [0.15, 0.2) is 28.8 Å². The van der Waals surface area contributed by atoms with E-state index in [1.807, 2.05) is 0 Å². The minimum Gasteiger partial charge on any atom is -0.354 e. The minimum atomic E-state index is -3.32. The van der Waals surface area contributed by atoms with E-state index < -0.39 is 10.0 Å². The van der Waals surface area contributed by atoms with Crippen LogP contribution in [0.1, 0.15) is 13.3 Å². The Morgan fingerprint density at radius 2 is 2.12 bits per heavy atom. The molecular formula is C10H12N2O3S. The number of benzene rings is 1. The van der Waals surface area contributed by atoms with Crippen LogP contribution in [0.4, 0.5) is 5.82 Å². The summed E-state index contributed by atoms with van der Waals surface area (Å²) < 4.78 is 30.5. The van der Waals surface area contributed by atoms with Gasteiger partial charge in [-0.05, 0) is 18.6 Å². The van der Waals surface area contributed by atoms with Crippen LogP contribution in [0.25, 0.3) is 11.0 Å². The van der Waals surface area contributed by atoms with Crippen molar-refractivity contribution in [3.8, 4) is 0 Å². The third-order valence-electron chi connectivity index (χ3n) is 2.10. The van der Waals surface area contributed by atoms with E-state index in [1.54, 1.807) is 31.2 Å². The fraction of sp³-hybridized carbons (Fsp3) is 0.300. The molecule has 6 heteroatoms. The van der Waals surface area contributed by atoms with Gasteiger partial charge in [0.25, 0.3) is 0 Å². The van der Waals surface area contributed by atoms with Crippen molar-refractivity contribution in [1.82, 2.24) is 5.16 Å². The van der Waals surface area contributed by atoms with Gasteiger partial charge >= 0.3 is 0 Å². The molecule has 1 aromatic carbocycles. The highest BCUT2D eigenvalue weighted by Crippen LogP contribution is 2.22. The van der Waals surface area contributed by atoms with Crippen LogP contribution in [-0.4, -0.2) is 19.3 Å². The molecule has 1 N–H and O–H groups in total. The first-order valence-electron chi connectivity index (χ1n) is 4.97. The molecule has 0 bridgehead atoms. The quantitative estimate of drug-likeness (QED) is 0.886. The topological polar surface area (TPSA) is 72.2 Å². The second-order valence-electron chi connectivity index (χ2n) is 3.45. The zero-order valence-electron chi connectivity index (χ0n) is 8.80. The molecule has 0 radical (unpaired) electrons. The Balaban J connectivity index is 2.35. The maximum absolute atomic E-state index is 11.5. The lowest BCUT2D eigenvalue weighted by atomic mass is 10.2. The fourth-order valence-corrected chi connectivity index (χ4v) is 2.51. The Labute approximate surface area is 93.5 Å². The van der Waals surface area contributed by atoms with Gasteiger partial charge in [0.15, 0.2) is 11.4 Å². The van der Waals surface area contributed by atoms with Crippen LogP contribution >= 0.6 is 0 Å². The van der Waals surface area contributed by atoms with Crippen LogP contribution in [0.5, 0.6) is 0 Å². The number of nitrogens with zero attached hydrogens (tertiary/aromatic N) is 1. The summed E-state index contributed by atoms with van der Waals surface area (Å²) in [7, 11) is -3.32. The van der Waals surface area contributed by atoms with Gasteiger partial charge < -0.3 is 4.52 Å². The predicted octanol–water partition coefficient (Wildman–Crippen LogP) is 1.98. The van der Waals surface area contributed by atoms with Gasteiger partial charge in [0.05, 0.1) is 11.1 Å². The van der Waals surface area contributed by atoms with Crippen molar-refractivity contribution in [3.63, 3.8) is 0 Å². The van der Waals surface area contributed by atoms with E-state index in [2.05, 4.69) is 9.88 Å². The molecule has 0 amide bonds. The second-order valence-corrected chi connectivity index (χ2v) is 5.29. The molecule has 0 spiro atoms. The molecule has 1 aromatic heterocycles. The van der Waals surface area contributed by atoms with Crippen molar-refractivity contribution >= 4 is 26.8 Å². The van der Waals surface area contributed by atoms with Gasteiger partial charge in [-0.25, -0.2) is 8.42 Å². The third kappa shape index (κ3) is 2.16. The second kappa shape index (κ2) is 4.13. The maximum atomic E-state index is 11.5. The molecule has 86 valence electrons. The highest BCUT2D eigenvalue weighted by atomic mass is 32.2. The lowest BCUT2D eigenvalue weighted by Crippen LogP contribution is -2.16. The summed E-state index contributed by atoms with van der Waals surface area (Å²) in [6.07, 6.45) is 0.561. The molecule has 2 rings (SSSR count). The molecule has 0 saturated carbocycles. The Morgan fingerprint density at radius 1 is 1.38 bits per heavy atom. The molecule has 0 aliphatic heterocycles. The summed E-state index contributed by atoms with van der Waals surface area (Å²) in [5.74, 6) is 0.331. The van der Waals surface area contributed by atoms with Crippen molar-refractivity contribution in [2.75, 3.05) is 10.5 Å². The van der Waals surface area contributed by atoms with E-state index in [-0.39, 0.29) is 11.6 Å². The van der Waals surface area contributed by atoms with Gasteiger partial charge in [0, 0.05) is 0 Å². The number of para-hydroxylation sites is 1. The molecular weight excluding hydrogens is 228 g/mol. The summed E-state index contributed by atoms with van der Waals surface area (Å²) >= 11 is 0. The van der Waals surface area contributed by atoms with Crippen LogP contribution in [0.2, 0.25) is 0 Å². The summed E-state index contributed by atoms with van der Waals surface area (Å²) in [5.41, 5.74) is 0.566. The van der Waals surface area contributed by atoms with Crippen molar-refractivity contribution in [3.05, 3.63) is 24.3 Å². The molecule has 16 heavy (non-hydrogen) atoms. The zero-order valence-corrected chi connectivity index (χ0v) is 9.62. The van der Waals surface area contributed by atoms with E-state index in [1.165, 1.54) is 0 Å². The van der Waals surface area contributed by atoms with Gasteiger partial charge in [0.1, 0.15) is 0 Å². The normalized spacial score (nSPS) is 11.8. The molecule has 0 aliphatic rings. The zero-order chi connectivity index (χ0) is 11.6. The molecule has 2 aromatic rings. The van der Waals surface area contributed by atoms with E-state index >= 15 is 0 Å². The number of hydrogen-bond donors (Lipinski definition) is 1. The molecule has 5 nitrogen and oxygen atoms in total. The Kier molecular flexibility index (Phi) is 2.82. The number of anilines is 1. The molecule has 0 unspecified atom stereocenters. The fourth-order valence-electron chi connectivity index (χ4n) is 1.43. The van der Waals surface area contributed by atoms with Crippen LogP contribution < -0.4 is 4.72 Å². The molecule has 1 heterocycles. The van der Waals surface area contributed by atoms with Crippen molar-refractivity contribution in [2.45, 2.75) is 13.3 Å². The first kappa shape index (κ1) is 10.9. The lowest BCUT2D eigenvalue weighted by Gasteiger charge is -2.02. The largest absolute Gasteiger partial charge is 0.354 e. The summed E-state index contributed by atoms with van der Waals surface area (Å²) in [4.78, 5) is 0. The highest BCUT2D eigenvalue weighted by molar-refractivity contribution is 7.92. The molecule has 0 fully saturated rings. The van der Waals surface area contributed by atoms with E-state index in [0.29, 0.717) is 17.4 Å². The number of nitrogens with one attached hydrogen (secondary N) is 1. The van der Waals surface area contributed by atoms with E-state index in [0.717, 1.165) is 0 Å². The van der Waals surface area contributed by atoms with Crippen molar-refractivity contribution in [1.29, 1.82) is 0 Å². The van der Waals surface area contributed by atoms with Gasteiger partial charge in [-0.3, -0.25) is 4.72 Å². The molecule has 0 saturated heterocycles. The first-order valence-corrected chi connectivity index (χ1v) is 6.62. The van der Waals surface area contributed by atoms with Crippen molar-refractivity contribution in [2.24, 2.45) is 0 Å². The van der Waals surface area contributed by atoms with Gasteiger partial charge in [-0.1, -0.05) is 24.2 Å². The van der Waals surface area contributed by atoms with Crippen LogP contribution in [0.3, 0.4) is 0 Å². The number of sulfonamides is 1. The monoisotopic (exact) mass is 240 g/mol. The van der Waals surface area contributed by atoms with Gasteiger partial charge in [-0.15, -0.1) is 0 Å². The number of rotatable bonds is 4.